The summed E-state index contributed by atoms with van der Waals surface area (Å²) in [4.78, 5) is 11.3. The molecule has 0 aliphatic carbocycles. The fraction of sp³-hybridized carbons (Fsp3) is 0.333. The summed E-state index contributed by atoms with van der Waals surface area (Å²) in [6, 6.07) is 8.85. The highest BCUT2D eigenvalue weighted by molar-refractivity contribution is 5.92. The van der Waals surface area contributed by atoms with Crippen molar-refractivity contribution in [1.82, 2.24) is 10.2 Å². The number of nitriles is 1. The molecule has 0 atom stereocenters. The van der Waals surface area contributed by atoms with Crippen molar-refractivity contribution in [2.45, 2.75) is 32.6 Å². The Morgan fingerprint density at radius 1 is 1.33 bits per heavy atom. The Morgan fingerprint density at radius 3 is 2.76 bits per heavy atom. The molecular weight excluding hydrogens is 268 g/mol. The van der Waals surface area contributed by atoms with Gasteiger partial charge in [0.05, 0.1) is 6.07 Å². The van der Waals surface area contributed by atoms with Crippen molar-refractivity contribution < 1.29 is 9.21 Å². The molecule has 6 heteroatoms. The lowest BCUT2D eigenvalue weighted by Crippen LogP contribution is -2.09. The highest BCUT2D eigenvalue weighted by atomic mass is 16.4. The van der Waals surface area contributed by atoms with Crippen LogP contribution in [-0.4, -0.2) is 16.1 Å². The summed E-state index contributed by atoms with van der Waals surface area (Å²) < 4.78 is 5.58. The maximum Gasteiger partial charge on any atom is 0.247 e. The van der Waals surface area contributed by atoms with Crippen LogP contribution < -0.4 is 5.32 Å². The minimum Gasteiger partial charge on any atom is -0.421 e. The van der Waals surface area contributed by atoms with Crippen molar-refractivity contribution in [3.05, 3.63) is 30.2 Å². The van der Waals surface area contributed by atoms with Gasteiger partial charge in [-0.1, -0.05) is 13.3 Å². The maximum atomic E-state index is 11.3. The molecule has 0 aliphatic heterocycles. The average molecular weight is 284 g/mol. The molecule has 0 bridgehead atoms. The lowest BCUT2D eigenvalue weighted by atomic mass is 10.2. The second kappa shape index (κ2) is 7.20. The molecule has 21 heavy (non-hydrogen) atoms. The number of carbonyl (C=O) groups is 1. The van der Waals surface area contributed by atoms with Crippen LogP contribution in [0.2, 0.25) is 0 Å². The number of carbonyl (C=O) groups excluding carboxylic acids is 1. The Labute approximate surface area is 122 Å². The molecular formula is C15H16N4O2. The summed E-state index contributed by atoms with van der Waals surface area (Å²) in [5.41, 5.74) is 1.42. The normalized spacial score (nSPS) is 10.1. The number of amides is 1. The second-order valence-corrected chi connectivity index (χ2v) is 4.56. The summed E-state index contributed by atoms with van der Waals surface area (Å²) in [6.45, 7) is 2.11. The number of hydrogen-bond acceptors (Lipinski definition) is 5. The lowest BCUT2D eigenvalue weighted by molar-refractivity contribution is -0.115. The minimum absolute atomic E-state index is 0.161. The van der Waals surface area contributed by atoms with Crippen molar-refractivity contribution in [3.63, 3.8) is 0 Å². The van der Waals surface area contributed by atoms with Crippen LogP contribution in [0.3, 0.4) is 0 Å². The van der Waals surface area contributed by atoms with E-state index < -0.39 is 0 Å². The lowest BCUT2D eigenvalue weighted by Gasteiger charge is -2.02. The number of hydrogen-bond donors (Lipinski definition) is 1. The third-order valence-corrected chi connectivity index (χ3v) is 2.87. The molecule has 0 saturated heterocycles. The molecule has 0 saturated carbocycles. The predicted molar refractivity (Wildman–Crippen MR) is 77.2 cm³/mol. The Bertz CT molecular complexity index is 640. The summed E-state index contributed by atoms with van der Waals surface area (Å²) in [6.07, 6.45) is 2.72. The van der Waals surface area contributed by atoms with Gasteiger partial charge in [0.15, 0.2) is 0 Å². The fourth-order valence-corrected chi connectivity index (χ4v) is 1.77. The van der Waals surface area contributed by atoms with E-state index in [0.717, 1.165) is 24.8 Å². The van der Waals surface area contributed by atoms with E-state index in [9.17, 15) is 4.79 Å². The molecule has 1 amide bonds. The van der Waals surface area contributed by atoms with Crippen molar-refractivity contribution in [3.8, 4) is 17.5 Å². The van der Waals surface area contributed by atoms with Crippen LogP contribution in [0.5, 0.6) is 0 Å². The summed E-state index contributed by atoms with van der Waals surface area (Å²) in [7, 11) is 0. The van der Waals surface area contributed by atoms with Crippen LogP contribution in [-0.2, 0) is 11.2 Å². The fourth-order valence-electron chi connectivity index (χ4n) is 1.77. The van der Waals surface area contributed by atoms with Gasteiger partial charge in [-0.15, -0.1) is 10.2 Å². The molecule has 6 nitrogen and oxygen atoms in total. The first-order valence-electron chi connectivity index (χ1n) is 6.82. The number of benzene rings is 1. The number of nitrogens with zero attached hydrogens (tertiary/aromatic N) is 3. The number of nitrogens with one attached hydrogen (secondary N) is 1. The number of aromatic nitrogens is 2. The van der Waals surface area contributed by atoms with E-state index in [4.69, 9.17) is 9.68 Å². The molecule has 0 unspecified atom stereocenters. The zero-order valence-corrected chi connectivity index (χ0v) is 11.8. The highest BCUT2D eigenvalue weighted by Gasteiger charge is 2.08. The van der Waals surface area contributed by atoms with Gasteiger partial charge in [-0.3, -0.25) is 4.79 Å². The molecule has 0 radical (unpaired) electrons. The molecule has 1 aromatic carbocycles. The number of rotatable bonds is 6. The summed E-state index contributed by atoms with van der Waals surface area (Å²) in [5.74, 6) is 0.777. The van der Waals surface area contributed by atoms with Crippen LogP contribution in [0, 0.1) is 11.3 Å². The van der Waals surface area contributed by atoms with Crippen molar-refractivity contribution in [2.24, 2.45) is 0 Å². The molecule has 1 aromatic heterocycles. The van der Waals surface area contributed by atoms with Gasteiger partial charge in [-0.2, -0.15) is 5.26 Å². The van der Waals surface area contributed by atoms with E-state index in [0.29, 0.717) is 17.5 Å². The van der Waals surface area contributed by atoms with Crippen molar-refractivity contribution in [2.75, 3.05) is 5.32 Å². The first-order valence-corrected chi connectivity index (χ1v) is 6.82. The first-order chi connectivity index (χ1) is 10.2. The third-order valence-electron chi connectivity index (χ3n) is 2.87. The summed E-state index contributed by atoms with van der Waals surface area (Å²) >= 11 is 0. The highest BCUT2D eigenvalue weighted by Crippen LogP contribution is 2.20. The Balaban J connectivity index is 2.03. The van der Waals surface area contributed by atoms with Gasteiger partial charge in [0.1, 0.15) is 6.42 Å². The smallest absolute Gasteiger partial charge is 0.247 e. The van der Waals surface area contributed by atoms with Crippen LogP contribution in [0.25, 0.3) is 11.5 Å². The first kappa shape index (κ1) is 14.7. The van der Waals surface area contributed by atoms with Crippen LogP contribution in [0.15, 0.2) is 28.7 Å². The minimum atomic E-state index is -0.329. The SMILES string of the molecule is CCCCc1nnc(-c2ccc(NC(=O)CC#N)cc2)o1. The monoisotopic (exact) mass is 284 g/mol. The van der Waals surface area contributed by atoms with Gasteiger partial charge in [0, 0.05) is 17.7 Å². The Hall–Kier alpha value is -2.68. The van der Waals surface area contributed by atoms with E-state index in [1.165, 1.54) is 0 Å². The maximum absolute atomic E-state index is 11.3. The van der Waals surface area contributed by atoms with Gasteiger partial charge >= 0.3 is 0 Å². The molecule has 2 aromatic rings. The molecule has 1 N–H and O–H groups in total. The molecule has 2 rings (SSSR count). The van der Waals surface area contributed by atoms with Crippen LogP contribution in [0.4, 0.5) is 5.69 Å². The molecule has 1 heterocycles. The van der Waals surface area contributed by atoms with Crippen molar-refractivity contribution >= 4 is 11.6 Å². The second-order valence-electron chi connectivity index (χ2n) is 4.56. The molecule has 0 aliphatic rings. The van der Waals surface area contributed by atoms with Gasteiger partial charge < -0.3 is 9.73 Å². The van der Waals surface area contributed by atoms with Crippen LogP contribution >= 0.6 is 0 Å². The number of unbranched alkanes of at least 4 members (excludes halogenated alkanes) is 1. The number of anilines is 1. The topological polar surface area (TPSA) is 91.8 Å². The molecule has 0 spiro atoms. The molecule has 0 fully saturated rings. The summed E-state index contributed by atoms with van der Waals surface area (Å²) in [5, 5.41) is 19.1. The largest absolute Gasteiger partial charge is 0.421 e. The van der Waals surface area contributed by atoms with Crippen molar-refractivity contribution in [1.29, 1.82) is 5.26 Å². The van der Waals surface area contributed by atoms with Gasteiger partial charge in [-0.05, 0) is 30.7 Å². The predicted octanol–water partition coefficient (Wildman–Crippen LogP) is 2.93. The van der Waals surface area contributed by atoms with Gasteiger partial charge in [0.2, 0.25) is 17.7 Å². The standard InChI is InChI=1S/C15H16N4O2/c1-2-3-4-14-18-19-15(21-14)11-5-7-12(8-6-11)17-13(20)9-10-16/h5-8H,2-4,9H2,1H3,(H,17,20). The Morgan fingerprint density at radius 2 is 2.10 bits per heavy atom. The zero-order chi connectivity index (χ0) is 15.1. The average Bonchev–Trinajstić information content (AvgIpc) is 2.95. The zero-order valence-electron chi connectivity index (χ0n) is 11.8. The quantitative estimate of drug-likeness (QED) is 0.880. The van der Waals surface area contributed by atoms with E-state index in [1.807, 2.05) is 0 Å². The number of aryl methyl sites for hydroxylation is 1. The van der Waals surface area contributed by atoms with E-state index >= 15 is 0 Å². The van der Waals surface area contributed by atoms with Crippen LogP contribution in [0.1, 0.15) is 32.1 Å². The van der Waals surface area contributed by atoms with Gasteiger partial charge in [0.25, 0.3) is 0 Å². The van der Waals surface area contributed by atoms with E-state index in [1.54, 1.807) is 30.3 Å². The molecule has 108 valence electrons. The van der Waals surface area contributed by atoms with Gasteiger partial charge in [-0.25, -0.2) is 0 Å². The third kappa shape index (κ3) is 4.14. The van der Waals surface area contributed by atoms with E-state index in [2.05, 4.69) is 22.4 Å². The Kier molecular flexibility index (Phi) is 5.04. The van der Waals surface area contributed by atoms with E-state index in [-0.39, 0.29) is 12.3 Å².